The number of hydrogen-bond donors (Lipinski definition) is 0. The van der Waals surface area contributed by atoms with Crippen molar-refractivity contribution in [1.82, 2.24) is 4.90 Å². The lowest BCUT2D eigenvalue weighted by molar-refractivity contribution is -0.194. The molecule has 22 heavy (non-hydrogen) atoms. The van der Waals surface area contributed by atoms with E-state index in [-0.39, 0.29) is 11.9 Å². The third kappa shape index (κ3) is 5.21. The fourth-order valence-corrected chi connectivity index (χ4v) is 4.14. The number of hydrogen-bond acceptors (Lipinski definition) is 3. The van der Waals surface area contributed by atoms with Gasteiger partial charge in [0.15, 0.2) is 5.79 Å². The summed E-state index contributed by atoms with van der Waals surface area (Å²) in [6.45, 7) is 15.6. The maximum absolute atomic E-state index is 6.38. The van der Waals surface area contributed by atoms with Crippen LogP contribution in [0, 0.1) is 11.3 Å². The molecule has 1 aliphatic carbocycles. The van der Waals surface area contributed by atoms with Gasteiger partial charge in [0.1, 0.15) is 0 Å². The zero-order chi connectivity index (χ0) is 16.2. The van der Waals surface area contributed by atoms with Crippen LogP contribution >= 0.6 is 0 Å². The number of likely N-dealkylation sites (N-methyl/N-ethyl adjacent to an activating group) is 1. The van der Waals surface area contributed by atoms with Gasteiger partial charge in [-0.2, -0.15) is 0 Å². The lowest BCUT2D eigenvalue weighted by Crippen LogP contribution is -2.39. The largest absolute Gasteiger partial charge is 0.347 e. The van der Waals surface area contributed by atoms with Crippen molar-refractivity contribution in [3.8, 4) is 0 Å². The smallest absolute Gasteiger partial charge is 0.168 e. The van der Waals surface area contributed by atoms with Crippen molar-refractivity contribution in [3.05, 3.63) is 0 Å². The molecule has 0 amide bonds. The standard InChI is InChI=1S/C19H37NO2/c1-6-12-20(7-2)14-17-15-21-19(22-17)10-8-16(9-11-19)13-18(3,4)5/h16-17H,6-15H2,1-5H3. The normalized spacial score (nSPS) is 33.0. The van der Waals surface area contributed by atoms with Crippen LogP contribution in [0.2, 0.25) is 0 Å². The summed E-state index contributed by atoms with van der Waals surface area (Å²) in [6, 6.07) is 0. The number of nitrogens with zero attached hydrogens (tertiary/aromatic N) is 1. The first-order chi connectivity index (χ1) is 10.4. The quantitative estimate of drug-likeness (QED) is 0.723. The van der Waals surface area contributed by atoms with E-state index in [1.807, 2.05) is 0 Å². The van der Waals surface area contributed by atoms with E-state index in [1.54, 1.807) is 0 Å². The first kappa shape index (κ1) is 18.2. The van der Waals surface area contributed by atoms with Crippen molar-refractivity contribution >= 4 is 0 Å². The maximum atomic E-state index is 6.38. The van der Waals surface area contributed by atoms with Crippen LogP contribution in [0.5, 0.6) is 0 Å². The zero-order valence-electron chi connectivity index (χ0n) is 15.5. The SMILES string of the molecule is CCCN(CC)CC1COC2(CCC(CC(C)(C)C)CC2)O1. The molecule has 1 unspecified atom stereocenters. The molecule has 1 heterocycles. The summed E-state index contributed by atoms with van der Waals surface area (Å²) in [5, 5.41) is 0. The molecule has 0 aromatic carbocycles. The Morgan fingerprint density at radius 3 is 2.36 bits per heavy atom. The highest BCUT2D eigenvalue weighted by Gasteiger charge is 2.44. The molecule has 0 N–H and O–H groups in total. The highest BCUT2D eigenvalue weighted by atomic mass is 16.7. The molecule has 3 heteroatoms. The highest BCUT2D eigenvalue weighted by molar-refractivity contribution is 4.87. The van der Waals surface area contributed by atoms with Crippen LogP contribution in [0.15, 0.2) is 0 Å². The molecule has 3 nitrogen and oxygen atoms in total. The van der Waals surface area contributed by atoms with Crippen LogP contribution in [0.4, 0.5) is 0 Å². The van der Waals surface area contributed by atoms with Crippen molar-refractivity contribution in [1.29, 1.82) is 0 Å². The van der Waals surface area contributed by atoms with Gasteiger partial charge in [-0.15, -0.1) is 0 Å². The molecule has 1 aliphatic heterocycles. The van der Waals surface area contributed by atoms with Crippen molar-refractivity contribution in [2.75, 3.05) is 26.2 Å². The van der Waals surface area contributed by atoms with E-state index < -0.39 is 0 Å². The van der Waals surface area contributed by atoms with E-state index in [0.717, 1.165) is 45.0 Å². The highest BCUT2D eigenvalue weighted by Crippen LogP contribution is 2.43. The van der Waals surface area contributed by atoms with E-state index in [9.17, 15) is 0 Å². The average Bonchev–Trinajstić information content (AvgIpc) is 2.83. The Hall–Kier alpha value is -0.120. The third-order valence-electron chi connectivity index (χ3n) is 5.13. The van der Waals surface area contributed by atoms with Crippen LogP contribution in [0.25, 0.3) is 0 Å². The molecule has 130 valence electrons. The maximum Gasteiger partial charge on any atom is 0.168 e. The van der Waals surface area contributed by atoms with Crippen molar-refractivity contribution in [2.24, 2.45) is 11.3 Å². The molecule has 1 saturated carbocycles. The Kier molecular flexibility index (Phi) is 6.32. The Bertz CT molecular complexity index is 329. The Balaban J connectivity index is 1.78. The monoisotopic (exact) mass is 311 g/mol. The van der Waals surface area contributed by atoms with Gasteiger partial charge in [0, 0.05) is 19.4 Å². The van der Waals surface area contributed by atoms with Gasteiger partial charge in [-0.1, -0.05) is 34.6 Å². The summed E-state index contributed by atoms with van der Waals surface area (Å²) in [7, 11) is 0. The zero-order valence-corrected chi connectivity index (χ0v) is 15.5. The Morgan fingerprint density at radius 1 is 1.14 bits per heavy atom. The van der Waals surface area contributed by atoms with Crippen LogP contribution in [0.1, 0.15) is 73.1 Å². The molecule has 0 aromatic rings. The van der Waals surface area contributed by atoms with Gasteiger partial charge < -0.3 is 14.4 Å². The molecule has 2 fully saturated rings. The van der Waals surface area contributed by atoms with Crippen LogP contribution in [-0.4, -0.2) is 43.0 Å². The summed E-state index contributed by atoms with van der Waals surface area (Å²) in [6.07, 6.45) is 7.50. The van der Waals surface area contributed by atoms with Gasteiger partial charge in [0.2, 0.25) is 0 Å². The molecule has 2 aliphatic rings. The first-order valence-corrected chi connectivity index (χ1v) is 9.40. The second-order valence-corrected chi connectivity index (χ2v) is 8.56. The molecular formula is C19H37NO2. The van der Waals surface area contributed by atoms with Crippen LogP contribution in [-0.2, 0) is 9.47 Å². The van der Waals surface area contributed by atoms with Crippen molar-refractivity contribution in [2.45, 2.75) is 85.0 Å². The predicted molar refractivity (Wildman–Crippen MR) is 92.0 cm³/mol. The van der Waals surface area contributed by atoms with Crippen LogP contribution in [0.3, 0.4) is 0 Å². The minimum absolute atomic E-state index is 0.245. The average molecular weight is 312 g/mol. The van der Waals surface area contributed by atoms with Gasteiger partial charge in [-0.3, -0.25) is 0 Å². The van der Waals surface area contributed by atoms with Gasteiger partial charge in [-0.25, -0.2) is 0 Å². The van der Waals surface area contributed by atoms with Crippen molar-refractivity contribution in [3.63, 3.8) is 0 Å². The molecule has 2 rings (SSSR count). The molecule has 1 spiro atoms. The van der Waals surface area contributed by atoms with Crippen LogP contribution < -0.4 is 0 Å². The topological polar surface area (TPSA) is 21.7 Å². The summed E-state index contributed by atoms with van der Waals surface area (Å²) < 4.78 is 12.5. The molecule has 1 saturated heterocycles. The lowest BCUT2D eigenvalue weighted by atomic mass is 9.76. The fourth-order valence-electron chi connectivity index (χ4n) is 4.14. The second kappa shape index (κ2) is 7.63. The third-order valence-corrected chi connectivity index (χ3v) is 5.13. The second-order valence-electron chi connectivity index (χ2n) is 8.56. The minimum atomic E-state index is -0.245. The first-order valence-electron chi connectivity index (χ1n) is 9.40. The molecule has 1 atom stereocenters. The van der Waals surface area contributed by atoms with E-state index in [2.05, 4.69) is 39.5 Å². The number of rotatable bonds is 6. The van der Waals surface area contributed by atoms with Gasteiger partial charge in [0.25, 0.3) is 0 Å². The summed E-state index contributed by atoms with van der Waals surface area (Å²) in [5.41, 5.74) is 0.441. The van der Waals surface area contributed by atoms with E-state index in [0.29, 0.717) is 5.41 Å². The summed E-state index contributed by atoms with van der Waals surface area (Å²) in [4.78, 5) is 2.48. The molecular weight excluding hydrogens is 274 g/mol. The molecule has 0 bridgehead atoms. The predicted octanol–water partition coefficient (Wildman–Crippen LogP) is 4.46. The summed E-state index contributed by atoms with van der Waals surface area (Å²) in [5.74, 6) is 0.606. The lowest BCUT2D eigenvalue weighted by Gasteiger charge is -2.38. The molecule has 0 aromatic heterocycles. The van der Waals surface area contributed by atoms with E-state index in [4.69, 9.17) is 9.47 Å². The minimum Gasteiger partial charge on any atom is -0.347 e. The molecule has 0 radical (unpaired) electrons. The Labute approximate surface area is 137 Å². The Morgan fingerprint density at radius 2 is 1.82 bits per heavy atom. The van der Waals surface area contributed by atoms with E-state index in [1.165, 1.54) is 25.7 Å². The van der Waals surface area contributed by atoms with E-state index >= 15 is 0 Å². The van der Waals surface area contributed by atoms with Gasteiger partial charge in [-0.05, 0) is 50.1 Å². The van der Waals surface area contributed by atoms with Gasteiger partial charge >= 0.3 is 0 Å². The van der Waals surface area contributed by atoms with Crippen molar-refractivity contribution < 1.29 is 9.47 Å². The van der Waals surface area contributed by atoms with Gasteiger partial charge in [0.05, 0.1) is 12.7 Å². The summed E-state index contributed by atoms with van der Waals surface area (Å²) >= 11 is 0. The fraction of sp³-hybridized carbons (Fsp3) is 1.00. The number of ether oxygens (including phenoxy) is 2.